The summed E-state index contributed by atoms with van der Waals surface area (Å²) in [6.45, 7) is 5.05. The largest absolute Gasteiger partial charge is 0.357 e. The zero-order valence-corrected chi connectivity index (χ0v) is 16.1. The Balaban J connectivity index is 0.00000324. The molecule has 6 heteroatoms. The average Bonchev–Trinajstić information content (AvgIpc) is 2.88. The van der Waals surface area contributed by atoms with Crippen LogP contribution in [0.25, 0.3) is 0 Å². The zero-order chi connectivity index (χ0) is 13.1. The fourth-order valence-corrected chi connectivity index (χ4v) is 3.57. The van der Waals surface area contributed by atoms with Gasteiger partial charge in [0.05, 0.1) is 6.54 Å². The molecule has 1 fully saturated rings. The number of hydrogen-bond acceptors (Lipinski definition) is 3. The van der Waals surface area contributed by atoms with E-state index < -0.39 is 0 Å². The normalized spacial score (nSPS) is 19.1. The van der Waals surface area contributed by atoms with E-state index in [1.165, 1.54) is 37.2 Å². The van der Waals surface area contributed by atoms with E-state index in [-0.39, 0.29) is 24.0 Å². The van der Waals surface area contributed by atoms with Crippen molar-refractivity contribution in [2.45, 2.75) is 37.9 Å². The van der Waals surface area contributed by atoms with Gasteiger partial charge in [0.15, 0.2) is 5.96 Å². The highest BCUT2D eigenvalue weighted by Gasteiger charge is 2.14. The van der Waals surface area contributed by atoms with Gasteiger partial charge in [0.2, 0.25) is 0 Å². The Hall–Kier alpha value is 0.700. The lowest BCUT2D eigenvalue weighted by atomic mass is 10.2. The van der Waals surface area contributed by atoms with Crippen molar-refractivity contribution in [1.29, 1.82) is 0 Å². The molecule has 0 radical (unpaired) electrons. The Kier molecular flexibility index (Phi) is 14.2. The lowest BCUT2D eigenvalue weighted by molar-refractivity contribution is 0.726. The van der Waals surface area contributed by atoms with Gasteiger partial charge in [0.25, 0.3) is 0 Å². The second kappa shape index (κ2) is 13.7. The van der Waals surface area contributed by atoms with Crippen LogP contribution in [0.3, 0.4) is 0 Å². The standard InChI is InChI=1S/C13H27N3S2.HI/c1-3-14-13(15-8-4-5-9-17-2)16-11-12-7-6-10-18-12;/h12H,3-11H2,1-2H3,(H2,14,15,16);1H. The molecule has 0 spiro atoms. The first-order valence-electron chi connectivity index (χ1n) is 6.99. The number of nitrogens with one attached hydrogen (secondary N) is 2. The van der Waals surface area contributed by atoms with E-state index in [4.69, 9.17) is 0 Å². The maximum atomic E-state index is 4.68. The first-order valence-corrected chi connectivity index (χ1v) is 9.43. The monoisotopic (exact) mass is 417 g/mol. The van der Waals surface area contributed by atoms with Crippen molar-refractivity contribution in [2.24, 2.45) is 4.99 Å². The first-order chi connectivity index (χ1) is 8.86. The van der Waals surface area contributed by atoms with E-state index in [1.54, 1.807) is 0 Å². The summed E-state index contributed by atoms with van der Waals surface area (Å²) in [5.41, 5.74) is 0. The Bertz CT molecular complexity index is 234. The Labute approximate surface area is 143 Å². The lowest BCUT2D eigenvalue weighted by Crippen LogP contribution is -2.38. The Morgan fingerprint density at radius 3 is 2.84 bits per heavy atom. The summed E-state index contributed by atoms with van der Waals surface area (Å²) in [6.07, 6.45) is 7.37. The quantitative estimate of drug-likeness (QED) is 0.275. The van der Waals surface area contributed by atoms with Crippen LogP contribution in [0.1, 0.15) is 32.6 Å². The van der Waals surface area contributed by atoms with E-state index in [0.717, 1.165) is 30.8 Å². The van der Waals surface area contributed by atoms with Crippen molar-refractivity contribution in [2.75, 3.05) is 37.4 Å². The van der Waals surface area contributed by atoms with Crippen molar-refractivity contribution in [1.82, 2.24) is 10.6 Å². The van der Waals surface area contributed by atoms with Crippen LogP contribution >= 0.6 is 47.5 Å². The molecule has 0 aromatic heterocycles. The van der Waals surface area contributed by atoms with Gasteiger partial charge < -0.3 is 10.6 Å². The third kappa shape index (κ3) is 10.1. The Morgan fingerprint density at radius 1 is 1.37 bits per heavy atom. The highest BCUT2D eigenvalue weighted by molar-refractivity contribution is 14.0. The van der Waals surface area contributed by atoms with Gasteiger partial charge in [-0.15, -0.1) is 24.0 Å². The smallest absolute Gasteiger partial charge is 0.191 e. The number of nitrogens with zero attached hydrogens (tertiary/aromatic N) is 1. The highest BCUT2D eigenvalue weighted by atomic mass is 127. The van der Waals surface area contributed by atoms with E-state index in [2.05, 4.69) is 40.6 Å². The molecule has 114 valence electrons. The number of hydrogen-bond donors (Lipinski definition) is 2. The van der Waals surface area contributed by atoms with Gasteiger partial charge in [-0.2, -0.15) is 23.5 Å². The second-order valence-electron chi connectivity index (χ2n) is 4.48. The fraction of sp³-hybridized carbons (Fsp3) is 0.923. The molecule has 1 aliphatic rings. The third-order valence-corrected chi connectivity index (χ3v) is 4.97. The summed E-state index contributed by atoms with van der Waals surface area (Å²) in [5.74, 6) is 3.57. The van der Waals surface area contributed by atoms with Gasteiger partial charge in [-0.25, -0.2) is 0 Å². The van der Waals surface area contributed by atoms with Gasteiger partial charge >= 0.3 is 0 Å². The molecule has 0 aromatic rings. The highest BCUT2D eigenvalue weighted by Crippen LogP contribution is 2.25. The van der Waals surface area contributed by atoms with Crippen molar-refractivity contribution in [3.05, 3.63) is 0 Å². The predicted molar refractivity (Wildman–Crippen MR) is 102 cm³/mol. The maximum Gasteiger partial charge on any atom is 0.191 e. The van der Waals surface area contributed by atoms with Gasteiger partial charge in [-0.05, 0) is 50.4 Å². The first kappa shape index (κ1) is 19.7. The van der Waals surface area contributed by atoms with Gasteiger partial charge in [0, 0.05) is 18.3 Å². The van der Waals surface area contributed by atoms with Crippen LogP contribution in [0.4, 0.5) is 0 Å². The number of rotatable bonds is 8. The SMILES string of the molecule is CCNC(=NCC1CCCS1)NCCCCSC.I. The minimum absolute atomic E-state index is 0. The van der Waals surface area contributed by atoms with Crippen molar-refractivity contribution >= 4 is 53.5 Å². The molecule has 1 rings (SSSR count). The topological polar surface area (TPSA) is 36.4 Å². The van der Waals surface area contributed by atoms with Crippen LogP contribution in [0.15, 0.2) is 4.99 Å². The van der Waals surface area contributed by atoms with E-state index in [1.807, 2.05) is 11.8 Å². The van der Waals surface area contributed by atoms with E-state index in [9.17, 15) is 0 Å². The minimum Gasteiger partial charge on any atom is -0.357 e. The van der Waals surface area contributed by atoms with Gasteiger partial charge in [0.1, 0.15) is 0 Å². The summed E-state index contributed by atoms with van der Waals surface area (Å²) >= 11 is 3.99. The van der Waals surface area contributed by atoms with Gasteiger partial charge in [-0.3, -0.25) is 4.99 Å². The molecule has 1 heterocycles. The molecule has 2 N–H and O–H groups in total. The fourth-order valence-electron chi connectivity index (χ4n) is 1.90. The number of aliphatic imine (C=N–C) groups is 1. The van der Waals surface area contributed by atoms with E-state index >= 15 is 0 Å². The van der Waals surface area contributed by atoms with Gasteiger partial charge in [-0.1, -0.05) is 0 Å². The summed E-state index contributed by atoms with van der Waals surface area (Å²) in [6, 6.07) is 0. The molecule has 0 aliphatic carbocycles. The number of unbranched alkanes of at least 4 members (excludes halogenated alkanes) is 1. The molecular formula is C13H28IN3S2. The van der Waals surface area contributed by atoms with Crippen LogP contribution in [0.2, 0.25) is 0 Å². The second-order valence-corrected chi connectivity index (χ2v) is 6.88. The Morgan fingerprint density at radius 2 is 2.21 bits per heavy atom. The number of guanidine groups is 1. The van der Waals surface area contributed by atoms with Crippen molar-refractivity contribution in [3.63, 3.8) is 0 Å². The predicted octanol–water partition coefficient (Wildman–Crippen LogP) is 3.20. The maximum absolute atomic E-state index is 4.68. The molecule has 1 saturated heterocycles. The minimum atomic E-state index is 0. The van der Waals surface area contributed by atoms with Crippen LogP contribution < -0.4 is 10.6 Å². The number of thioether (sulfide) groups is 2. The summed E-state index contributed by atoms with van der Waals surface area (Å²) < 4.78 is 0. The molecule has 0 aromatic carbocycles. The summed E-state index contributed by atoms with van der Waals surface area (Å²) in [5, 5.41) is 7.49. The van der Waals surface area contributed by atoms with Crippen LogP contribution in [-0.4, -0.2) is 48.6 Å². The molecule has 3 nitrogen and oxygen atoms in total. The molecule has 0 amide bonds. The summed E-state index contributed by atoms with van der Waals surface area (Å²) in [7, 11) is 0. The molecule has 1 atom stereocenters. The molecule has 0 bridgehead atoms. The molecule has 0 saturated carbocycles. The van der Waals surface area contributed by atoms with E-state index in [0.29, 0.717) is 0 Å². The van der Waals surface area contributed by atoms with Crippen LogP contribution in [0, 0.1) is 0 Å². The summed E-state index contributed by atoms with van der Waals surface area (Å²) in [4.78, 5) is 4.68. The molecule has 1 aliphatic heterocycles. The molecular weight excluding hydrogens is 389 g/mol. The van der Waals surface area contributed by atoms with Crippen LogP contribution in [-0.2, 0) is 0 Å². The van der Waals surface area contributed by atoms with Crippen molar-refractivity contribution < 1.29 is 0 Å². The third-order valence-electron chi connectivity index (χ3n) is 2.89. The lowest BCUT2D eigenvalue weighted by Gasteiger charge is -2.12. The number of halogens is 1. The molecule has 19 heavy (non-hydrogen) atoms. The van der Waals surface area contributed by atoms with Crippen LogP contribution in [0.5, 0.6) is 0 Å². The zero-order valence-electron chi connectivity index (χ0n) is 12.1. The average molecular weight is 417 g/mol. The molecule has 1 unspecified atom stereocenters. The van der Waals surface area contributed by atoms with Crippen molar-refractivity contribution in [3.8, 4) is 0 Å².